The fourth-order valence-corrected chi connectivity index (χ4v) is 0.680. The second kappa shape index (κ2) is 14.6. The van der Waals surface area contributed by atoms with Crippen LogP contribution in [0.25, 0.3) is 0 Å². The molecule has 0 heterocycles. The molecule has 0 spiro atoms. The van der Waals surface area contributed by atoms with Gasteiger partial charge in [-0.2, -0.15) is 12.2 Å². The Balaban J connectivity index is -0.0000000556. The van der Waals surface area contributed by atoms with Crippen LogP contribution in [0.5, 0.6) is 0 Å². The van der Waals surface area contributed by atoms with Gasteiger partial charge in [0.2, 0.25) is 0 Å². The van der Waals surface area contributed by atoms with Crippen LogP contribution in [0.1, 0.15) is 14.3 Å². The first-order valence-electron chi connectivity index (χ1n) is 3.43. The molecule has 0 amide bonds. The topological polar surface area (TPSA) is 0 Å². The second-order valence-corrected chi connectivity index (χ2v) is 2.01. The molecule has 0 bridgehead atoms. The summed E-state index contributed by atoms with van der Waals surface area (Å²) in [6, 6.07) is 0. The molecule has 0 aliphatic heterocycles. The van der Waals surface area contributed by atoms with Gasteiger partial charge in [0.1, 0.15) is 0 Å². The Bertz CT molecular complexity index is 153. The number of rotatable bonds is 0. The normalized spacial score (nSPS) is 13.5. The molecule has 0 fully saturated rings. The van der Waals surface area contributed by atoms with E-state index in [0.717, 1.165) is 12.8 Å². The van der Waals surface area contributed by atoms with Gasteiger partial charge in [-0.3, -0.25) is 12.2 Å². The van der Waals surface area contributed by atoms with Gasteiger partial charge in [-0.1, -0.05) is 0 Å². The van der Waals surface area contributed by atoms with E-state index in [0.29, 0.717) is 0 Å². The van der Waals surface area contributed by atoms with Crippen LogP contribution in [0.3, 0.4) is 0 Å². The minimum absolute atomic E-state index is 0. The SMILES string of the molecule is [C-]1=CC=CC1.[C-]1=CC=CC1.[CH3-].[Cl-].[H-].[Zr+2]. The molecule has 13 heavy (non-hydrogen) atoms. The molecule has 0 saturated heterocycles. The van der Waals surface area contributed by atoms with Crippen LogP contribution >= 0.6 is 0 Å². The molecule has 0 nitrogen and oxygen atoms in total. The van der Waals surface area contributed by atoms with E-state index in [2.05, 4.69) is 24.3 Å². The van der Waals surface area contributed by atoms with E-state index in [-0.39, 0.29) is 47.5 Å². The number of hydrogen-bond donors (Lipinski definition) is 0. The van der Waals surface area contributed by atoms with Crippen molar-refractivity contribution < 1.29 is 40.0 Å². The van der Waals surface area contributed by atoms with Crippen molar-refractivity contribution in [3.05, 3.63) is 56.0 Å². The largest absolute Gasteiger partial charge is 2.00 e. The molecular weight excluding hydrogens is 259 g/mol. The summed E-state index contributed by atoms with van der Waals surface area (Å²) in [4.78, 5) is 0. The summed E-state index contributed by atoms with van der Waals surface area (Å²) in [5.74, 6) is 0. The average Bonchev–Trinajstić information content (AvgIpc) is 2.67. The summed E-state index contributed by atoms with van der Waals surface area (Å²) < 4.78 is 0. The van der Waals surface area contributed by atoms with Crippen LogP contribution in [0, 0.1) is 19.6 Å². The second-order valence-electron chi connectivity index (χ2n) is 2.01. The van der Waals surface area contributed by atoms with E-state index in [9.17, 15) is 0 Å². The Labute approximate surface area is 109 Å². The standard InChI is InChI=1S/2C5H5.CH3.ClH.Zr.H/c2*1-2-4-5-3-1;;;;/h2*1-3H,4H2;1H3;1H;;/q3*-1;;+2;-1/p-1. The molecule has 2 aliphatic carbocycles. The predicted molar refractivity (Wildman–Crippen MR) is 50.7 cm³/mol. The van der Waals surface area contributed by atoms with Gasteiger partial charge in [0, 0.05) is 0 Å². The Hall–Kier alpha value is 0.133. The van der Waals surface area contributed by atoms with Crippen molar-refractivity contribution in [1.29, 1.82) is 0 Å². The van der Waals surface area contributed by atoms with Crippen LogP contribution in [-0.2, 0) is 26.2 Å². The summed E-state index contributed by atoms with van der Waals surface area (Å²) >= 11 is 0. The monoisotopic (exact) mass is 271 g/mol. The van der Waals surface area contributed by atoms with Crippen molar-refractivity contribution >= 4 is 0 Å². The first kappa shape index (κ1) is 18.8. The van der Waals surface area contributed by atoms with Crippen molar-refractivity contribution in [3.63, 3.8) is 0 Å². The van der Waals surface area contributed by atoms with Crippen LogP contribution < -0.4 is 12.4 Å². The predicted octanol–water partition coefficient (Wildman–Crippen LogP) is 0.176. The third kappa shape index (κ3) is 12.1. The van der Waals surface area contributed by atoms with E-state index in [1.54, 1.807) is 0 Å². The minimum atomic E-state index is 0. The van der Waals surface area contributed by atoms with Gasteiger partial charge in [0.15, 0.2) is 0 Å². The Morgan fingerprint density at radius 3 is 1.38 bits per heavy atom. The Morgan fingerprint density at radius 1 is 0.923 bits per heavy atom. The molecule has 0 saturated carbocycles. The molecule has 2 rings (SSSR count). The maximum Gasteiger partial charge on any atom is 2.00 e. The van der Waals surface area contributed by atoms with E-state index < -0.39 is 0 Å². The summed E-state index contributed by atoms with van der Waals surface area (Å²) in [7, 11) is 0. The Morgan fingerprint density at radius 2 is 1.31 bits per heavy atom. The van der Waals surface area contributed by atoms with Crippen LogP contribution in [0.4, 0.5) is 0 Å². The Kier molecular flexibility index (Phi) is 21.2. The molecule has 0 radical (unpaired) electrons. The van der Waals surface area contributed by atoms with Gasteiger partial charge in [-0.15, -0.1) is 12.8 Å². The summed E-state index contributed by atoms with van der Waals surface area (Å²) in [6.45, 7) is 0. The van der Waals surface area contributed by atoms with Gasteiger partial charge in [0.25, 0.3) is 0 Å². The number of hydrogen-bond acceptors (Lipinski definition) is 0. The van der Waals surface area contributed by atoms with Crippen LogP contribution in [0.2, 0.25) is 0 Å². The van der Waals surface area contributed by atoms with Crippen LogP contribution in [-0.4, -0.2) is 0 Å². The molecule has 0 unspecified atom stereocenters. The van der Waals surface area contributed by atoms with E-state index in [1.807, 2.05) is 24.3 Å². The van der Waals surface area contributed by atoms with Gasteiger partial charge in [-0.25, -0.2) is 24.3 Å². The molecular formula is C11H14ClZr-3. The molecule has 2 heteroatoms. The zero-order chi connectivity index (χ0) is 7.07. The van der Waals surface area contributed by atoms with E-state index in [4.69, 9.17) is 0 Å². The maximum atomic E-state index is 2.99. The fourth-order valence-electron chi connectivity index (χ4n) is 0.680. The maximum absolute atomic E-state index is 2.99. The zero-order valence-corrected chi connectivity index (χ0v) is 11.0. The quantitative estimate of drug-likeness (QED) is 0.552. The van der Waals surface area contributed by atoms with Crippen molar-refractivity contribution in [2.24, 2.45) is 0 Å². The molecule has 0 aromatic heterocycles. The number of allylic oxidation sites excluding steroid dienone is 8. The first-order valence-corrected chi connectivity index (χ1v) is 3.43. The van der Waals surface area contributed by atoms with Crippen LogP contribution in [0.15, 0.2) is 36.5 Å². The van der Waals surface area contributed by atoms with Gasteiger partial charge in [-0.05, 0) is 0 Å². The van der Waals surface area contributed by atoms with E-state index in [1.165, 1.54) is 0 Å². The molecule has 0 atom stereocenters. The van der Waals surface area contributed by atoms with Crippen molar-refractivity contribution in [1.82, 2.24) is 0 Å². The summed E-state index contributed by atoms with van der Waals surface area (Å²) in [5, 5.41) is 0. The fraction of sp³-hybridized carbons (Fsp3) is 0.182. The molecule has 72 valence electrons. The van der Waals surface area contributed by atoms with Gasteiger partial charge in [0.05, 0.1) is 0 Å². The van der Waals surface area contributed by atoms with E-state index >= 15 is 0 Å². The smallest absolute Gasteiger partial charge is 1.00 e. The van der Waals surface area contributed by atoms with Crippen molar-refractivity contribution in [2.75, 3.05) is 0 Å². The minimum Gasteiger partial charge on any atom is -1.00 e. The average molecular weight is 273 g/mol. The van der Waals surface area contributed by atoms with Gasteiger partial charge < -0.3 is 21.3 Å². The number of halogens is 1. The third-order valence-corrected chi connectivity index (χ3v) is 1.17. The van der Waals surface area contributed by atoms with Crippen molar-refractivity contribution in [3.8, 4) is 0 Å². The molecule has 0 N–H and O–H groups in total. The third-order valence-electron chi connectivity index (χ3n) is 1.17. The summed E-state index contributed by atoms with van der Waals surface area (Å²) in [6.07, 6.45) is 20.0. The zero-order valence-electron chi connectivity index (χ0n) is 8.76. The molecule has 0 aromatic rings. The van der Waals surface area contributed by atoms with Gasteiger partial charge >= 0.3 is 26.2 Å². The molecule has 2 aliphatic rings. The summed E-state index contributed by atoms with van der Waals surface area (Å²) in [5.41, 5.74) is 0. The molecule has 0 aromatic carbocycles. The first-order chi connectivity index (χ1) is 5.00. The van der Waals surface area contributed by atoms with Crippen molar-refractivity contribution in [2.45, 2.75) is 12.8 Å².